The second-order valence-electron chi connectivity index (χ2n) is 3.98. The van der Waals surface area contributed by atoms with Crippen LogP contribution in [0.25, 0.3) is 0 Å². The largest absolute Gasteiger partial charge is 0.417 e. The summed E-state index contributed by atoms with van der Waals surface area (Å²) in [5, 5.41) is 11.3. The smallest absolute Gasteiger partial charge is 0.322 e. The number of aryl methyl sites for hydroxylation is 1. The fourth-order valence-electron chi connectivity index (χ4n) is 1.50. The minimum atomic E-state index is -4.40. The molecular formula is C10H11F3N6. The van der Waals surface area contributed by atoms with Gasteiger partial charge in [-0.2, -0.15) is 18.0 Å². The lowest BCUT2D eigenvalue weighted by Gasteiger charge is -2.10. The van der Waals surface area contributed by atoms with E-state index in [0.717, 1.165) is 12.3 Å². The SMILES string of the molecule is Cn1nnc(CC(N)c2ccc(C(F)(F)F)cn2)n1. The summed E-state index contributed by atoms with van der Waals surface area (Å²) in [6, 6.07) is 1.63. The topological polar surface area (TPSA) is 82.5 Å². The Hall–Kier alpha value is -2.03. The van der Waals surface area contributed by atoms with E-state index in [1.165, 1.54) is 10.9 Å². The van der Waals surface area contributed by atoms with Crippen LogP contribution < -0.4 is 5.73 Å². The highest BCUT2D eigenvalue weighted by molar-refractivity contribution is 5.19. The van der Waals surface area contributed by atoms with Crippen LogP contribution in [0.15, 0.2) is 18.3 Å². The maximum absolute atomic E-state index is 12.4. The van der Waals surface area contributed by atoms with Crippen LogP contribution in [0.5, 0.6) is 0 Å². The molecule has 0 aliphatic heterocycles. The van der Waals surface area contributed by atoms with Gasteiger partial charge in [0.05, 0.1) is 24.3 Å². The molecule has 6 nitrogen and oxygen atoms in total. The quantitative estimate of drug-likeness (QED) is 0.896. The standard InChI is InChI=1S/C10H11F3N6/c1-19-17-9(16-18-19)4-7(14)8-3-2-6(5-15-8)10(11,12)13/h2-3,5,7H,4,14H2,1H3. The van der Waals surface area contributed by atoms with Crippen LogP contribution in [-0.2, 0) is 19.6 Å². The van der Waals surface area contributed by atoms with Crippen molar-refractivity contribution in [3.63, 3.8) is 0 Å². The molecule has 0 bridgehead atoms. The van der Waals surface area contributed by atoms with E-state index in [4.69, 9.17) is 5.73 Å². The normalized spacial score (nSPS) is 13.5. The molecule has 0 saturated carbocycles. The van der Waals surface area contributed by atoms with Crippen LogP contribution in [0.4, 0.5) is 13.2 Å². The summed E-state index contributed by atoms with van der Waals surface area (Å²) in [6.45, 7) is 0. The number of aromatic nitrogens is 5. The van der Waals surface area contributed by atoms with Crippen molar-refractivity contribution in [2.45, 2.75) is 18.6 Å². The predicted molar refractivity (Wildman–Crippen MR) is 58.7 cm³/mol. The summed E-state index contributed by atoms with van der Waals surface area (Å²) < 4.78 is 37.1. The fraction of sp³-hybridized carbons (Fsp3) is 0.400. The molecule has 1 atom stereocenters. The first-order chi connectivity index (χ1) is 8.86. The summed E-state index contributed by atoms with van der Waals surface area (Å²) in [4.78, 5) is 5.00. The van der Waals surface area contributed by atoms with Crippen LogP contribution in [0.2, 0.25) is 0 Å². The van der Waals surface area contributed by atoms with Gasteiger partial charge in [0.15, 0.2) is 5.82 Å². The Bertz CT molecular complexity index is 547. The Morgan fingerprint density at radius 3 is 2.58 bits per heavy atom. The van der Waals surface area contributed by atoms with Crippen molar-refractivity contribution in [1.29, 1.82) is 0 Å². The van der Waals surface area contributed by atoms with Gasteiger partial charge in [-0.1, -0.05) is 0 Å². The number of pyridine rings is 1. The minimum absolute atomic E-state index is 0.256. The highest BCUT2D eigenvalue weighted by atomic mass is 19.4. The third-order valence-electron chi connectivity index (χ3n) is 2.45. The number of hydrogen-bond donors (Lipinski definition) is 1. The molecule has 1 unspecified atom stereocenters. The van der Waals surface area contributed by atoms with Gasteiger partial charge in [0.1, 0.15) is 0 Å². The predicted octanol–water partition coefficient (Wildman–Crippen LogP) is 0.866. The molecule has 0 aromatic carbocycles. The summed E-state index contributed by atoms with van der Waals surface area (Å²) in [6.07, 6.45) is -3.38. The summed E-state index contributed by atoms with van der Waals surface area (Å²) in [5.41, 5.74) is 5.38. The van der Waals surface area contributed by atoms with E-state index in [-0.39, 0.29) is 6.42 Å². The van der Waals surface area contributed by atoms with Gasteiger partial charge in [-0.05, 0) is 17.3 Å². The molecular weight excluding hydrogens is 261 g/mol. The second-order valence-corrected chi connectivity index (χ2v) is 3.98. The molecule has 2 aromatic rings. The van der Waals surface area contributed by atoms with Gasteiger partial charge in [-0.25, -0.2) is 0 Å². The van der Waals surface area contributed by atoms with E-state index in [9.17, 15) is 13.2 Å². The molecule has 0 spiro atoms. The monoisotopic (exact) mass is 272 g/mol. The van der Waals surface area contributed by atoms with E-state index in [0.29, 0.717) is 11.5 Å². The van der Waals surface area contributed by atoms with Gasteiger partial charge < -0.3 is 5.73 Å². The number of rotatable bonds is 3. The highest BCUT2D eigenvalue weighted by Gasteiger charge is 2.30. The van der Waals surface area contributed by atoms with Crippen LogP contribution in [0.3, 0.4) is 0 Å². The van der Waals surface area contributed by atoms with Crippen LogP contribution in [0, 0.1) is 0 Å². The van der Waals surface area contributed by atoms with Crippen molar-refractivity contribution in [3.8, 4) is 0 Å². The van der Waals surface area contributed by atoms with Crippen molar-refractivity contribution in [2.24, 2.45) is 12.8 Å². The maximum Gasteiger partial charge on any atom is 0.417 e. The number of halogens is 3. The van der Waals surface area contributed by atoms with Crippen LogP contribution >= 0.6 is 0 Å². The van der Waals surface area contributed by atoms with Crippen molar-refractivity contribution >= 4 is 0 Å². The van der Waals surface area contributed by atoms with E-state index >= 15 is 0 Å². The van der Waals surface area contributed by atoms with Crippen molar-refractivity contribution < 1.29 is 13.2 Å². The van der Waals surface area contributed by atoms with E-state index in [1.54, 1.807) is 7.05 Å². The second kappa shape index (κ2) is 4.92. The summed E-state index contributed by atoms with van der Waals surface area (Å²) in [7, 11) is 1.61. The van der Waals surface area contributed by atoms with E-state index < -0.39 is 17.8 Å². The summed E-state index contributed by atoms with van der Waals surface area (Å²) >= 11 is 0. The Balaban J connectivity index is 2.09. The van der Waals surface area contributed by atoms with Crippen molar-refractivity contribution in [3.05, 3.63) is 35.4 Å². The van der Waals surface area contributed by atoms with Crippen LogP contribution in [0.1, 0.15) is 23.1 Å². The number of alkyl halides is 3. The van der Waals surface area contributed by atoms with Crippen molar-refractivity contribution in [1.82, 2.24) is 25.2 Å². The average molecular weight is 272 g/mol. The average Bonchev–Trinajstić information content (AvgIpc) is 2.74. The van der Waals surface area contributed by atoms with Gasteiger partial charge in [0, 0.05) is 12.6 Å². The Morgan fingerprint density at radius 2 is 2.11 bits per heavy atom. The zero-order valence-electron chi connectivity index (χ0n) is 9.96. The molecule has 0 saturated heterocycles. The molecule has 2 rings (SSSR count). The molecule has 102 valence electrons. The first kappa shape index (κ1) is 13.4. The molecule has 0 radical (unpaired) electrons. The lowest BCUT2D eigenvalue weighted by Crippen LogP contribution is -2.16. The molecule has 0 amide bonds. The van der Waals surface area contributed by atoms with Gasteiger partial charge in [-0.15, -0.1) is 10.2 Å². The Morgan fingerprint density at radius 1 is 1.37 bits per heavy atom. The maximum atomic E-state index is 12.4. The molecule has 0 aliphatic rings. The van der Waals surface area contributed by atoms with Gasteiger partial charge >= 0.3 is 6.18 Å². The van der Waals surface area contributed by atoms with E-state index in [1.807, 2.05) is 0 Å². The molecule has 0 fully saturated rings. The number of nitrogens with two attached hydrogens (primary N) is 1. The molecule has 0 aliphatic carbocycles. The first-order valence-corrected chi connectivity index (χ1v) is 5.38. The number of hydrogen-bond acceptors (Lipinski definition) is 5. The fourth-order valence-corrected chi connectivity index (χ4v) is 1.50. The molecule has 19 heavy (non-hydrogen) atoms. The third-order valence-corrected chi connectivity index (χ3v) is 2.45. The number of nitrogens with zero attached hydrogens (tertiary/aromatic N) is 5. The molecule has 2 aromatic heterocycles. The molecule has 2 heterocycles. The molecule has 2 N–H and O–H groups in total. The van der Waals surface area contributed by atoms with E-state index in [2.05, 4.69) is 20.4 Å². The lowest BCUT2D eigenvalue weighted by molar-refractivity contribution is -0.137. The molecule has 9 heteroatoms. The lowest BCUT2D eigenvalue weighted by atomic mass is 10.1. The number of tetrazole rings is 1. The van der Waals surface area contributed by atoms with Crippen LogP contribution in [-0.4, -0.2) is 25.2 Å². The zero-order chi connectivity index (χ0) is 14.0. The Labute approximate surface area is 106 Å². The van der Waals surface area contributed by atoms with Gasteiger partial charge in [0.25, 0.3) is 0 Å². The highest BCUT2D eigenvalue weighted by Crippen LogP contribution is 2.28. The summed E-state index contributed by atoms with van der Waals surface area (Å²) in [5.74, 6) is 0.414. The third kappa shape index (κ3) is 3.25. The zero-order valence-corrected chi connectivity index (χ0v) is 9.96. The van der Waals surface area contributed by atoms with Gasteiger partial charge in [-0.3, -0.25) is 4.98 Å². The minimum Gasteiger partial charge on any atom is -0.322 e. The first-order valence-electron chi connectivity index (χ1n) is 5.38. The Kier molecular flexibility index (Phi) is 3.47. The van der Waals surface area contributed by atoms with Gasteiger partial charge in [0.2, 0.25) is 0 Å². The van der Waals surface area contributed by atoms with Crippen molar-refractivity contribution in [2.75, 3.05) is 0 Å².